The van der Waals surface area contributed by atoms with E-state index in [2.05, 4.69) is 5.32 Å². The summed E-state index contributed by atoms with van der Waals surface area (Å²) < 4.78 is 5.17. The van der Waals surface area contributed by atoms with Gasteiger partial charge in [0.05, 0.1) is 0 Å². The molecule has 0 bridgehead atoms. The van der Waals surface area contributed by atoms with E-state index >= 15 is 0 Å². The van der Waals surface area contributed by atoms with Gasteiger partial charge in [0.1, 0.15) is 11.8 Å². The fourth-order valence-electron chi connectivity index (χ4n) is 1.46. The number of hydrogen-bond acceptors (Lipinski definition) is 4. The minimum atomic E-state index is -0.766. The fraction of sp³-hybridized carbons (Fsp3) is 0.438. The van der Waals surface area contributed by atoms with E-state index in [0.717, 1.165) is 0 Å². The van der Waals surface area contributed by atoms with Crippen molar-refractivity contribution in [2.75, 3.05) is 0 Å². The summed E-state index contributed by atoms with van der Waals surface area (Å²) in [5, 5.41) is 2.60. The van der Waals surface area contributed by atoms with Gasteiger partial charge in [0, 0.05) is 11.0 Å². The summed E-state index contributed by atoms with van der Waals surface area (Å²) >= 11 is 0. The third-order valence-electron chi connectivity index (χ3n) is 2.84. The van der Waals surface area contributed by atoms with Crippen molar-refractivity contribution in [1.29, 1.82) is 0 Å². The lowest BCUT2D eigenvalue weighted by atomic mass is 9.95. The highest BCUT2D eigenvalue weighted by atomic mass is 16.5. The van der Waals surface area contributed by atoms with Crippen LogP contribution >= 0.6 is 0 Å². The average molecular weight is 291 g/mol. The SMILES string of the molecule is CC(=O)c1cccc(OC(=O)C(C)NC(=O)C(C)(C)C)c1. The van der Waals surface area contributed by atoms with E-state index in [1.165, 1.54) is 13.0 Å². The van der Waals surface area contributed by atoms with Crippen LogP contribution < -0.4 is 10.1 Å². The first-order valence-electron chi connectivity index (χ1n) is 6.75. The maximum Gasteiger partial charge on any atom is 0.333 e. The van der Waals surface area contributed by atoms with Crippen LogP contribution in [-0.2, 0) is 9.59 Å². The Morgan fingerprint density at radius 1 is 1.19 bits per heavy atom. The van der Waals surface area contributed by atoms with Crippen LogP contribution in [0.3, 0.4) is 0 Å². The molecule has 0 aliphatic rings. The summed E-state index contributed by atoms with van der Waals surface area (Å²) in [7, 11) is 0. The van der Waals surface area contributed by atoms with Crippen molar-refractivity contribution in [3.8, 4) is 5.75 Å². The number of carbonyl (C=O) groups excluding carboxylic acids is 3. The Hall–Kier alpha value is -2.17. The molecule has 1 atom stereocenters. The first-order valence-corrected chi connectivity index (χ1v) is 6.75. The maximum atomic E-state index is 11.9. The van der Waals surface area contributed by atoms with Gasteiger partial charge in [-0.05, 0) is 26.0 Å². The molecule has 21 heavy (non-hydrogen) atoms. The number of rotatable bonds is 4. The second-order valence-corrected chi connectivity index (χ2v) is 5.95. The van der Waals surface area contributed by atoms with Gasteiger partial charge in [0.25, 0.3) is 0 Å². The molecule has 0 radical (unpaired) electrons. The van der Waals surface area contributed by atoms with Crippen molar-refractivity contribution >= 4 is 17.7 Å². The van der Waals surface area contributed by atoms with Crippen LogP contribution in [0.2, 0.25) is 0 Å². The molecule has 0 heterocycles. The van der Waals surface area contributed by atoms with Crippen LogP contribution in [0.15, 0.2) is 24.3 Å². The van der Waals surface area contributed by atoms with Gasteiger partial charge in [-0.1, -0.05) is 32.9 Å². The van der Waals surface area contributed by atoms with Crippen LogP contribution in [0.4, 0.5) is 0 Å². The van der Waals surface area contributed by atoms with Crippen molar-refractivity contribution in [1.82, 2.24) is 5.32 Å². The predicted octanol–water partition coefficient (Wildman–Crippen LogP) is 2.35. The van der Waals surface area contributed by atoms with E-state index in [1.54, 1.807) is 45.9 Å². The van der Waals surface area contributed by atoms with Crippen LogP contribution in [0.5, 0.6) is 5.75 Å². The molecule has 1 aromatic carbocycles. The first kappa shape index (κ1) is 16.9. The third-order valence-corrected chi connectivity index (χ3v) is 2.84. The monoisotopic (exact) mass is 291 g/mol. The highest BCUT2D eigenvalue weighted by Gasteiger charge is 2.26. The lowest BCUT2D eigenvalue weighted by Crippen LogP contribution is -2.45. The van der Waals surface area contributed by atoms with Crippen molar-refractivity contribution in [2.24, 2.45) is 5.41 Å². The minimum Gasteiger partial charge on any atom is -0.425 e. The van der Waals surface area contributed by atoms with Crippen molar-refractivity contribution in [3.05, 3.63) is 29.8 Å². The second kappa shape index (κ2) is 6.52. The summed E-state index contributed by atoms with van der Waals surface area (Å²) in [5.74, 6) is -0.635. The molecule has 0 spiro atoms. The number of carbonyl (C=O) groups is 3. The molecule has 114 valence electrons. The fourth-order valence-corrected chi connectivity index (χ4v) is 1.46. The Balaban J connectivity index is 2.71. The molecule has 1 rings (SSSR count). The number of nitrogens with one attached hydrogen (secondary N) is 1. The summed E-state index contributed by atoms with van der Waals surface area (Å²) in [5.41, 5.74) is -0.116. The van der Waals surface area contributed by atoms with Gasteiger partial charge < -0.3 is 10.1 Å². The normalized spacial score (nSPS) is 12.4. The number of ether oxygens (including phenoxy) is 1. The molecular formula is C16H21NO4. The van der Waals surface area contributed by atoms with Crippen LogP contribution in [0.1, 0.15) is 45.0 Å². The van der Waals surface area contributed by atoms with Crippen LogP contribution in [-0.4, -0.2) is 23.7 Å². The summed E-state index contributed by atoms with van der Waals surface area (Å²) in [6, 6.07) is 5.60. The molecule has 0 saturated carbocycles. The Kier molecular flexibility index (Phi) is 5.24. The number of benzene rings is 1. The average Bonchev–Trinajstić information content (AvgIpc) is 2.37. The Morgan fingerprint density at radius 3 is 2.33 bits per heavy atom. The lowest BCUT2D eigenvalue weighted by molar-refractivity contribution is -0.140. The quantitative estimate of drug-likeness (QED) is 0.525. The summed E-state index contributed by atoms with van der Waals surface area (Å²) in [4.78, 5) is 35.0. The number of esters is 1. The Morgan fingerprint density at radius 2 is 1.81 bits per heavy atom. The van der Waals surface area contributed by atoms with Crippen molar-refractivity contribution in [3.63, 3.8) is 0 Å². The number of ketones is 1. The topological polar surface area (TPSA) is 72.5 Å². The standard InChI is InChI=1S/C16H21NO4/c1-10(17-15(20)16(3,4)5)14(19)21-13-8-6-7-12(9-13)11(2)18/h6-10H,1-5H3,(H,17,20). The minimum absolute atomic E-state index is 0.109. The molecule has 1 unspecified atom stereocenters. The number of Topliss-reactive ketones (excluding diaryl/α,β-unsaturated/α-hetero) is 1. The molecule has 1 N–H and O–H groups in total. The molecule has 5 heteroatoms. The molecule has 1 aromatic rings. The van der Waals surface area contributed by atoms with Gasteiger partial charge >= 0.3 is 5.97 Å². The largest absolute Gasteiger partial charge is 0.425 e. The highest BCUT2D eigenvalue weighted by Crippen LogP contribution is 2.16. The highest BCUT2D eigenvalue weighted by molar-refractivity contribution is 5.94. The van der Waals surface area contributed by atoms with E-state index in [1.807, 2.05) is 0 Å². The third kappa shape index (κ3) is 5.02. The van der Waals surface area contributed by atoms with Crippen LogP contribution in [0, 0.1) is 5.41 Å². The van der Waals surface area contributed by atoms with E-state index in [-0.39, 0.29) is 17.4 Å². The molecule has 5 nitrogen and oxygen atoms in total. The number of amides is 1. The van der Waals surface area contributed by atoms with Gasteiger partial charge in [-0.15, -0.1) is 0 Å². The zero-order chi connectivity index (χ0) is 16.2. The molecule has 1 amide bonds. The molecule has 0 aromatic heterocycles. The van der Waals surface area contributed by atoms with Crippen molar-refractivity contribution in [2.45, 2.75) is 40.7 Å². The van der Waals surface area contributed by atoms with E-state index in [9.17, 15) is 14.4 Å². The summed E-state index contributed by atoms with van der Waals surface area (Å²) in [6.07, 6.45) is 0. The molecule has 0 fully saturated rings. The van der Waals surface area contributed by atoms with Gasteiger partial charge in [0.2, 0.25) is 5.91 Å². The second-order valence-electron chi connectivity index (χ2n) is 5.95. The van der Waals surface area contributed by atoms with Gasteiger partial charge in [-0.25, -0.2) is 4.79 Å². The van der Waals surface area contributed by atoms with E-state index in [4.69, 9.17) is 4.74 Å². The molecule has 0 aliphatic carbocycles. The molecule has 0 saturated heterocycles. The lowest BCUT2D eigenvalue weighted by Gasteiger charge is -2.20. The smallest absolute Gasteiger partial charge is 0.333 e. The molecule has 0 aliphatic heterocycles. The summed E-state index contributed by atoms with van der Waals surface area (Å²) in [6.45, 7) is 8.28. The molecular weight excluding hydrogens is 270 g/mol. The van der Waals surface area contributed by atoms with Gasteiger partial charge in [-0.3, -0.25) is 9.59 Å². The van der Waals surface area contributed by atoms with Gasteiger partial charge in [-0.2, -0.15) is 0 Å². The number of hydrogen-bond donors (Lipinski definition) is 1. The van der Waals surface area contributed by atoms with E-state index < -0.39 is 17.4 Å². The Bertz CT molecular complexity index is 558. The Labute approximate surface area is 124 Å². The van der Waals surface area contributed by atoms with E-state index in [0.29, 0.717) is 5.56 Å². The van der Waals surface area contributed by atoms with Crippen LogP contribution in [0.25, 0.3) is 0 Å². The zero-order valence-corrected chi connectivity index (χ0v) is 13.0. The predicted molar refractivity (Wildman–Crippen MR) is 79.1 cm³/mol. The van der Waals surface area contributed by atoms with Crippen molar-refractivity contribution < 1.29 is 19.1 Å². The first-order chi connectivity index (χ1) is 9.61. The van der Waals surface area contributed by atoms with Gasteiger partial charge in [0.15, 0.2) is 5.78 Å². The zero-order valence-electron chi connectivity index (χ0n) is 13.0. The maximum absolute atomic E-state index is 11.9.